The number of nitrogens with zero attached hydrogens (tertiary/aromatic N) is 2. The van der Waals surface area contributed by atoms with Crippen molar-refractivity contribution in [2.24, 2.45) is 4.99 Å². The number of carbonyl (C=O) groups is 1. The van der Waals surface area contributed by atoms with Gasteiger partial charge in [-0.25, -0.2) is 4.99 Å². The lowest BCUT2D eigenvalue weighted by Gasteiger charge is -2.22. The minimum atomic E-state index is -0.0311. The van der Waals surface area contributed by atoms with Gasteiger partial charge in [0.05, 0.1) is 7.11 Å². The van der Waals surface area contributed by atoms with Crippen LogP contribution in [0.1, 0.15) is 19.4 Å². The van der Waals surface area contributed by atoms with Crippen LogP contribution in [-0.4, -0.2) is 35.4 Å². The lowest BCUT2D eigenvalue weighted by molar-refractivity contribution is -0.107. The number of hydrogen-bond donors (Lipinski definition) is 0. The Hall–Kier alpha value is -1.66. The summed E-state index contributed by atoms with van der Waals surface area (Å²) in [5, 5.41) is -0.0311. The first-order valence-electron chi connectivity index (χ1n) is 7.82. The number of hydrogen-bond acceptors (Lipinski definition) is 6. The molecule has 0 aromatic heterocycles. The van der Waals surface area contributed by atoms with E-state index in [0.29, 0.717) is 5.70 Å². The van der Waals surface area contributed by atoms with Crippen molar-refractivity contribution in [2.75, 3.05) is 30.9 Å². The van der Waals surface area contributed by atoms with Crippen molar-refractivity contribution < 1.29 is 9.53 Å². The van der Waals surface area contributed by atoms with Crippen LogP contribution in [0.3, 0.4) is 0 Å². The van der Waals surface area contributed by atoms with E-state index in [1.54, 1.807) is 19.3 Å². The van der Waals surface area contributed by atoms with E-state index in [4.69, 9.17) is 4.74 Å². The van der Waals surface area contributed by atoms with Crippen molar-refractivity contribution in [3.8, 4) is 5.75 Å². The average molecular weight is 363 g/mol. The summed E-state index contributed by atoms with van der Waals surface area (Å²) in [6, 6.07) is 6.02. The van der Waals surface area contributed by atoms with Crippen LogP contribution in [-0.2, 0) is 4.79 Å². The van der Waals surface area contributed by atoms with Crippen molar-refractivity contribution >= 4 is 44.8 Å². The van der Waals surface area contributed by atoms with Crippen LogP contribution in [0.2, 0.25) is 0 Å². The predicted molar refractivity (Wildman–Crippen MR) is 107 cm³/mol. The molecule has 1 aromatic carbocycles. The zero-order valence-electron chi connectivity index (χ0n) is 14.2. The number of rotatable bonds is 7. The fourth-order valence-electron chi connectivity index (χ4n) is 2.33. The van der Waals surface area contributed by atoms with Crippen molar-refractivity contribution in [3.63, 3.8) is 0 Å². The molecule has 4 nitrogen and oxygen atoms in total. The Morgan fingerprint density at radius 2 is 2.12 bits per heavy atom. The molecule has 1 aliphatic rings. The molecular weight excluding hydrogens is 340 g/mol. The molecule has 0 atom stereocenters. The molecule has 6 heteroatoms. The van der Waals surface area contributed by atoms with E-state index in [1.165, 1.54) is 23.5 Å². The van der Waals surface area contributed by atoms with Crippen LogP contribution in [0.15, 0.2) is 41.5 Å². The highest BCUT2D eigenvalue weighted by molar-refractivity contribution is 8.45. The van der Waals surface area contributed by atoms with E-state index in [1.807, 2.05) is 18.2 Å². The number of benzene rings is 1. The molecule has 1 aromatic rings. The van der Waals surface area contributed by atoms with E-state index >= 15 is 0 Å². The first kappa shape index (κ1) is 18.7. The Morgan fingerprint density at radius 3 is 2.75 bits per heavy atom. The van der Waals surface area contributed by atoms with Crippen molar-refractivity contribution in [2.45, 2.75) is 13.8 Å². The zero-order valence-corrected chi connectivity index (χ0v) is 15.9. The summed E-state index contributed by atoms with van der Waals surface area (Å²) in [5.41, 5.74) is 2.42. The van der Waals surface area contributed by atoms with Gasteiger partial charge in [0.1, 0.15) is 15.8 Å². The SMILES string of the molecule is C=CCSC1=N/C(=C\c2ccc(N(CC)CC)cc2OC)C(=O)S1. The van der Waals surface area contributed by atoms with E-state index in [-0.39, 0.29) is 5.12 Å². The minimum absolute atomic E-state index is 0.0311. The van der Waals surface area contributed by atoms with E-state index in [9.17, 15) is 4.79 Å². The normalized spacial score (nSPS) is 15.5. The second-order valence-corrected chi connectivity index (χ2v) is 7.22. The lowest BCUT2D eigenvalue weighted by Crippen LogP contribution is -2.21. The van der Waals surface area contributed by atoms with Crippen LogP contribution >= 0.6 is 23.5 Å². The van der Waals surface area contributed by atoms with Gasteiger partial charge in [0.2, 0.25) is 5.12 Å². The molecule has 0 saturated heterocycles. The molecule has 0 bridgehead atoms. The highest BCUT2D eigenvalue weighted by atomic mass is 32.2. The quantitative estimate of drug-likeness (QED) is 0.530. The van der Waals surface area contributed by atoms with E-state index in [2.05, 4.69) is 30.3 Å². The van der Waals surface area contributed by atoms with Crippen LogP contribution in [0.25, 0.3) is 6.08 Å². The third-order valence-corrected chi connectivity index (χ3v) is 5.57. The Morgan fingerprint density at radius 1 is 1.38 bits per heavy atom. The fourth-order valence-corrected chi connectivity index (χ4v) is 3.94. The third kappa shape index (κ3) is 4.45. The van der Waals surface area contributed by atoms with Gasteiger partial charge in [0.25, 0.3) is 0 Å². The van der Waals surface area contributed by atoms with Crippen molar-refractivity contribution in [3.05, 3.63) is 42.1 Å². The topological polar surface area (TPSA) is 41.9 Å². The highest BCUT2D eigenvalue weighted by Gasteiger charge is 2.22. The molecule has 24 heavy (non-hydrogen) atoms. The van der Waals surface area contributed by atoms with Gasteiger partial charge in [0.15, 0.2) is 0 Å². The van der Waals surface area contributed by atoms with Crippen LogP contribution in [0.5, 0.6) is 5.75 Å². The summed E-state index contributed by atoms with van der Waals surface area (Å²) in [6.07, 6.45) is 3.59. The summed E-state index contributed by atoms with van der Waals surface area (Å²) in [6.45, 7) is 9.79. The van der Waals surface area contributed by atoms with Crippen LogP contribution < -0.4 is 9.64 Å². The highest BCUT2D eigenvalue weighted by Crippen LogP contribution is 2.33. The Balaban J connectivity index is 2.30. The van der Waals surface area contributed by atoms with Gasteiger partial charge in [-0.3, -0.25) is 4.79 Å². The third-order valence-electron chi connectivity index (χ3n) is 3.56. The molecule has 0 spiro atoms. The van der Waals surface area contributed by atoms with Crippen LogP contribution in [0, 0.1) is 0 Å². The molecule has 0 saturated carbocycles. The Labute approximate surface area is 152 Å². The Bertz CT molecular complexity index is 680. The lowest BCUT2D eigenvalue weighted by atomic mass is 10.1. The molecule has 0 unspecified atom stereocenters. The first-order chi connectivity index (χ1) is 11.6. The number of thioether (sulfide) groups is 2. The maximum absolute atomic E-state index is 12.1. The molecule has 2 rings (SSSR count). The van der Waals surface area contributed by atoms with Gasteiger partial charge in [-0.2, -0.15) is 0 Å². The maximum Gasteiger partial charge on any atom is 0.244 e. The second-order valence-electron chi connectivity index (χ2n) is 5.00. The van der Waals surface area contributed by atoms with E-state index in [0.717, 1.165) is 40.2 Å². The summed E-state index contributed by atoms with van der Waals surface area (Å²) in [7, 11) is 1.64. The second kappa shape index (κ2) is 8.99. The molecule has 0 fully saturated rings. The number of ether oxygens (including phenoxy) is 1. The average Bonchev–Trinajstić information content (AvgIpc) is 2.94. The van der Waals surface area contributed by atoms with Gasteiger partial charge in [-0.1, -0.05) is 17.8 Å². The summed E-state index contributed by atoms with van der Waals surface area (Å²) in [5.74, 6) is 1.49. The summed E-state index contributed by atoms with van der Waals surface area (Å²) in [4.78, 5) is 18.8. The number of anilines is 1. The molecular formula is C18H22N2O2S2. The van der Waals surface area contributed by atoms with Gasteiger partial charge >= 0.3 is 0 Å². The van der Waals surface area contributed by atoms with Crippen molar-refractivity contribution in [1.82, 2.24) is 0 Å². The monoisotopic (exact) mass is 362 g/mol. The fraction of sp³-hybridized carbons (Fsp3) is 0.333. The molecule has 0 aliphatic carbocycles. The van der Waals surface area contributed by atoms with Crippen molar-refractivity contribution in [1.29, 1.82) is 0 Å². The zero-order chi connectivity index (χ0) is 17.5. The Kier molecular flexibility index (Phi) is 6.99. The summed E-state index contributed by atoms with van der Waals surface area (Å²) >= 11 is 2.69. The minimum Gasteiger partial charge on any atom is -0.496 e. The van der Waals surface area contributed by atoms with Gasteiger partial charge in [-0.15, -0.1) is 6.58 Å². The predicted octanol–water partition coefficient (Wildman–Crippen LogP) is 4.43. The molecule has 1 heterocycles. The largest absolute Gasteiger partial charge is 0.496 e. The molecule has 0 N–H and O–H groups in total. The summed E-state index contributed by atoms with van der Waals surface area (Å²) < 4.78 is 6.27. The molecule has 1 aliphatic heterocycles. The number of carbonyl (C=O) groups excluding carboxylic acids is 1. The van der Waals surface area contributed by atoms with Gasteiger partial charge in [-0.05, 0) is 43.8 Å². The maximum atomic E-state index is 12.1. The van der Waals surface area contributed by atoms with Gasteiger partial charge < -0.3 is 9.64 Å². The molecule has 0 amide bonds. The van der Waals surface area contributed by atoms with Gasteiger partial charge in [0, 0.05) is 36.2 Å². The van der Waals surface area contributed by atoms with E-state index < -0.39 is 0 Å². The smallest absolute Gasteiger partial charge is 0.244 e. The number of aliphatic imine (C=N–C) groups is 1. The molecule has 128 valence electrons. The number of methoxy groups -OCH3 is 1. The standard InChI is InChI=1S/C18H22N2O2S2/c1-5-10-23-18-19-15(17(21)24-18)11-13-8-9-14(12-16(13)22-4)20(6-2)7-3/h5,8-9,11-12H,1,6-7,10H2,2-4H3/b15-11-. The first-order valence-corrected chi connectivity index (χ1v) is 9.62. The molecule has 0 radical (unpaired) electrons. The van der Waals surface area contributed by atoms with Crippen LogP contribution in [0.4, 0.5) is 5.69 Å².